The van der Waals surface area contributed by atoms with Crippen LogP contribution < -0.4 is 9.80 Å². The predicted octanol–water partition coefficient (Wildman–Crippen LogP) is 2.37. The summed E-state index contributed by atoms with van der Waals surface area (Å²) in [5.74, 6) is 1.44. The Balaban J connectivity index is 3.28. The second-order valence-corrected chi connectivity index (χ2v) is 4.31. The maximum absolute atomic E-state index is 11.7. The minimum absolute atomic E-state index is 0.00740. The van der Waals surface area contributed by atoms with Crippen molar-refractivity contribution in [2.45, 2.75) is 34.6 Å². The number of nitrogens with zero attached hydrogens (tertiary/aromatic N) is 4. The predicted molar refractivity (Wildman–Crippen MR) is 79.2 cm³/mol. The van der Waals surface area contributed by atoms with Gasteiger partial charge in [-0.25, -0.2) is 4.98 Å². The smallest absolute Gasteiger partial charge is 0.227 e. The van der Waals surface area contributed by atoms with Gasteiger partial charge in [-0.1, -0.05) is 0 Å². The summed E-state index contributed by atoms with van der Waals surface area (Å²) in [7, 11) is 0. The van der Waals surface area contributed by atoms with Gasteiger partial charge < -0.3 is 9.80 Å². The SMILES string of the molecule is CCN(CC)c1ncc(C(C)=O)c(N(CC)CC)n1. The van der Waals surface area contributed by atoms with Crippen LogP contribution in [0.15, 0.2) is 6.20 Å². The molecule has 0 aromatic carbocycles. The third kappa shape index (κ3) is 3.43. The fourth-order valence-corrected chi connectivity index (χ4v) is 2.04. The van der Waals surface area contributed by atoms with Gasteiger partial charge in [0.2, 0.25) is 5.95 Å². The van der Waals surface area contributed by atoms with Crippen molar-refractivity contribution < 1.29 is 4.79 Å². The van der Waals surface area contributed by atoms with Gasteiger partial charge in [-0.05, 0) is 34.6 Å². The van der Waals surface area contributed by atoms with Crippen LogP contribution in [0.25, 0.3) is 0 Å². The van der Waals surface area contributed by atoms with E-state index in [0.29, 0.717) is 11.5 Å². The maximum atomic E-state index is 11.7. The van der Waals surface area contributed by atoms with Crippen LogP contribution in [-0.2, 0) is 0 Å². The van der Waals surface area contributed by atoms with Gasteiger partial charge in [-0.2, -0.15) is 4.98 Å². The van der Waals surface area contributed by atoms with E-state index >= 15 is 0 Å². The molecule has 1 aromatic rings. The van der Waals surface area contributed by atoms with Gasteiger partial charge in [0.25, 0.3) is 0 Å². The molecule has 0 radical (unpaired) electrons. The zero-order valence-electron chi connectivity index (χ0n) is 12.6. The van der Waals surface area contributed by atoms with Crippen molar-refractivity contribution in [1.82, 2.24) is 9.97 Å². The number of carbonyl (C=O) groups is 1. The van der Waals surface area contributed by atoms with Crippen LogP contribution in [0, 0.1) is 0 Å². The van der Waals surface area contributed by atoms with Gasteiger partial charge in [-0.15, -0.1) is 0 Å². The average molecular weight is 264 g/mol. The number of rotatable bonds is 7. The summed E-state index contributed by atoms with van der Waals surface area (Å²) in [6, 6.07) is 0. The number of anilines is 2. The number of ketones is 1. The third-order valence-electron chi connectivity index (χ3n) is 3.24. The van der Waals surface area contributed by atoms with Gasteiger partial charge >= 0.3 is 0 Å². The fourth-order valence-electron chi connectivity index (χ4n) is 2.04. The molecule has 0 spiro atoms. The lowest BCUT2D eigenvalue weighted by atomic mass is 10.2. The molecule has 1 rings (SSSR count). The second-order valence-electron chi connectivity index (χ2n) is 4.31. The van der Waals surface area contributed by atoms with E-state index < -0.39 is 0 Å². The van der Waals surface area contributed by atoms with E-state index in [4.69, 9.17) is 0 Å². The van der Waals surface area contributed by atoms with Crippen molar-refractivity contribution in [3.63, 3.8) is 0 Å². The quantitative estimate of drug-likeness (QED) is 0.708. The van der Waals surface area contributed by atoms with Crippen LogP contribution in [0.1, 0.15) is 45.0 Å². The van der Waals surface area contributed by atoms with Crippen molar-refractivity contribution in [1.29, 1.82) is 0 Å². The number of Topliss-reactive ketones (excluding diaryl/α,β-unsaturated/α-hetero) is 1. The van der Waals surface area contributed by atoms with E-state index in [2.05, 4.69) is 47.5 Å². The minimum atomic E-state index is 0.00740. The summed E-state index contributed by atoms with van der Waals surface area (Å²) in [5, 5.41) is 0. The van der Waals surface area contributed by atoms with Gasteiger partial charge in [0.15, 0.2) is 5.78 Å². The van der Waals surface area contributed by atoms with Crippen LogP contribution in [0.4, 0.5) is 11.8 Å². The highest BCUT2D eigenvalue weighted by atomic mass is 16.1. The molecule has 5 heteroatoms. The van der Waals surface area contributed by atoms with Crippen LogP contribution >= 0.6 is 0 Å². The Labute approximate surface area is 115 Å². The summed E-state index contributed by atoms with van der Waals surface area (Å²) in [6.07, 6.45) is 1.65. The Hall–Kier alpha value is -1.65. The first-order valence-electron chi connectivity index (χ1n) is 6.96. The van der Waals surface area contributed by atoms with Gasteiger partial charge in [0, 0.05) is 32.4 Å². The van der Waals surface area contributed by atoms with Crippen LogP contribution in [0.5, 0.6) is 0 Å². The Morgan fingerprint density at radius 2 is 1.58 bits per heavy atom. The average Bonchev–Trinajstić information content (AvgIpc) is 2.41. The fraction of sp³-hybridized carbons (Fsp3) is 0.643. The molecule has 0 fully saturated rings. The number of hydrogen-bond donors (Lipinski definition) is 0. The number of hydrogen-bond acceptors (Lipinski definition) is 5. The monoisotopic (exact) mass is 264 g/mol. The Bertz CT molecular complexity index is 425. The first kappa shape index (κ1) is 15.4. The van der Waals surface area contributed by atoms with Crippen molar-refractivity contribution in [2.75, 3.05) is 36.0 Å². The summed E-state index contributed by atoms with van der Waals surface area (Å²) in [4.78, 5) is 24.8. The first-order chi connectivity index (χ1) is 9.08. The molecule has 0 N–H and O–H groups in total. The van der Waals surface area contributed by atoms with Gasteiger partial charge in [0.05, 0.1) is 5.56 Å². The molecular formula is C14H24N4O. The lowest BCUT2D eigenvalue weighted by Gasteiger charge is -2.25. The molecule has 0 aliphatic carbocycles. The van der Waals surface area contributed by atoms with E-state index in [0.717, 1.165) is 32.0 Å². The van der Waals surface area contributed by atoms with E-state index in [1.165, 1.54) is 0 Å². The van der Waals surface area contributed by atoms with Crippen molar-refractivity contribution in [2.24, 2.45) is 0 Å². The van der Waals surface area contributed by atoms with Crippen LogP contribution in [0.3, 0.4) is 0 Å². The molecule has 0 bridgehead atoms. The summed E-state index contributed by atoms with van der Waals surface area (Å²) in [5.41, 5.74) is 0.597. The van der Waals surface area contributed by atoms with E-state index in [-0.39, 0.29) is 5.78 Å². The van der Waals surface area contributed by atoms with Crippen molar-refractivity contribution >= 4 is 17.5 Å². The molecule has 0 aliphatic rings. The zero-order valence-corrected chi connectivity index (χ0v) is 12.6. The minimum Gasteiger partial charge on any atom is -0.356 e. The molecule has 0 saturated heterocycles. The molecule has 106 valence electrons. The molecule has 0 atom stereocenters. The molecule has 0 saturated carbocycles. The summed E-state index contributed by atoms with van der Waals surface area (Å²) in [6.45, 7) is 13.2. The molecule has 19 heavy (non-hydrogen) atoms. The Kier molecular flexibility index (Phi) is 5.73. The molecule has 0 amide bonds. The molecular weight excluding hydrogens is 240 g/mol. The lowest BCUT2D eigenvalue weighted by Crippen LogP contribution is -2.29. The number of carbonyl (C=O) groups excluding carboxylic acids is 1. The maximum Gasteiger partial charge on any atom is 0.227 e. The van der Waals surface area contributed by atoms with E-state index in [9.17, 15) is 4.79 Å². The second kappa shape index (κ2) is 7.07. The van der Waals surface area contributed by atoms with Crippen molar-refractivity contribution in [3.8, 4) is 0 Å². The van der Waals surface area contributed by atoms with Gasteiger partial charge in [-0.3, -0.25) is 4.79 Å². The van der Waals surface area contributed by atoms with Crippen LogP contribution in [0.2, 0.25) is 0 Å². The molecule has 1 heterocycles. The van der Waals surface area contributed by atoms with Crippen molar-refractivity contribution in [3.05, 3.63) is 11.8 Å². The van der Waals surface area contributed by atoms with E-state index in [1.807, 2.05) is 0 Å². The highest BCUT2D eigenvalue weighted by Gasteiger charge is 2.17. The standard InChI is InChI=1S/C14H24N4O/c1-6-17(7-2)13-12(11(5)19)10-15-14(16-13)18(8-3)9-4/h10H,6-9H2,1-5H3. The topological polar surface area (TPSA) is 49.3 Å². The summed E-state index contributed by atoms with van der Waals surface area (Å²) < 4.78 is 0. The zero-order chi connectivity index (χ0) is 14.4. The van der Waals surface area contributed by atoms with E-state index in [1.54, 1.807) is 13.1 Å². The first-order valence-corrected chi connectivity index (χ1v) is 6.96. The van der Waals surface area contributed by atoms with Gasteiger partial charge in [0.1, 0.15) is 5.82 Å². The molecule has 0 unspecified atom stereocenters. The number of aromatic nitrogens is 2. The Morgan fingerprint density at radius 3 is 2.00 bits per heavy atom. The summed E-state index contributed by atoms with van der Waals surface area (Å²) >= 11 is 0. The molecule has 0 aliphatic heterocycles. The lowest BCUT2D eigenvalue weighted by molar-refractivity contribution is 0.101. The molecule has 5 nitrogen and oxygen atoms in total. The highest BCUT2D eigenvalue weighted by Crippen LogP contribution is 2.21. The normalized spacial score (nSPS) is 10.4. The highest BCUT2D eigenvalue weighted by molar-refractivity contribution is 5.98. The Morgan fingerprint density at radius 1 is 1.05 bits per heavy atom. The third-order valence-corrected chi connectivity index (χ3v) is 3.24. The molecule has 1 aromatic heterocycles. The largest absolute Gasteiger partial charge is 0.356 e. The van der Waals surface area contributed by atoms with Crippen LogP contribution in [-0.4, -0.2) is 41.9 Å².